The highest BCUT2D eigenvalue weighted by Crippen LogP contribution is 2.24. The Labute approximate surface area is 110 Å². The molecule has 18 heavy (non-hydrogen) atoms. The number of rotatable bonds is 7. The summed E-state index contributed by atoms with van der Waals surface area (Å²) >= 11 is 0. The normalized spacial score (nSPS) is 10.5. The zero-order valence-electron chi connectivity index (χ0n) is 11.7. The van der Waals surface area contributed by atoms with Gasteiger partial charge in [0.1, 0.15) is 11.5 Å². The molecule has 0 aliphatic heterocycles. The van der Waals surface area contributed by atoms with Gasteiger partial charge in [-0.3, -0.25) is 0 Å². The number of methoxy groups -OCH3 is 1. The van der Waals surface area contributed by atoms with Gasteiger partial charge < -0.3 is 14.8 Å². The van der Waals surface area contributed by atoms with E-state index in [-0.39, 0.29) is 0 Å². The van der Waals surface area contributed by atoms with Gasteiger partial charge in [-0.1, -0.05) is 20.4 Å². The Balaban J connectivity index is 2.96. The molecule has 1 aromatic rings. The molecule has 0 unspecified atom stereocenters. The summed E-state index contributed by atoms with van der Waals surface area (Å²) in [4.78, 5) is 0. The molecule has 0 atom stereocenters. The molecule has 3 heteroatoms. The molecular weight excluding hydrogens is 226 g/mol. The van der Waals surface area contributed by atoms with Crippen molar-refractivity contribution in [3.63, 3.8) is 0 Å². The van der Waals surface area contributed by atoms with E-state index < -0.39 is 0 Å². The predicted octanol–water partition coefficient (Wildman–Crippen LogP) is 3.20. The van der Waals surface area contributed by atoms with E-state index >= 15 is 0 Å². The van der Waals surface area contributed by atoms with Crippen LogP contribution in [0, 0.1) is 0 Å². The fourth-order valence-electron chi connectivity index (χ4n) is 1.68. The molecule has 0 spiro atoms. The third kappa shape index (κ3) is 4.08. The van der Waals surface area contributed by atoms with Gasteiger partial charge in [0.15, 0.2) is 0 Å². The number of hydrogen-bond donors (Lipinski definition) is 1. The summed E-state index contributed by atoms with van der Waals surface area (Å²) in [5, 5.41) is 3.40. The summed E-state index contributed by atoms with van der Waals surface area (Å²) in [5.74, 6) is 1.56. The summed E-state index contributed by atoms with van der Waals surface area (Å²) in [7, 11) is 1.67. The van der Waals surface area contributed by atoms with E-state index in [4.69, 9.17) is 9.47 Å². The Kier molecular flexibility index (Phi) is 5.72. The van der Waals surface area contributed by atoms with E-state index in [0.717, 1.165) is 23.4 Å². The van der Waals surface area contributed by atoms with Crippen LogP contribution in [0.15, 0.2) is 24.8 Å². The Hall–Kier alpha value is -1.48. The van der Waals surface area contributed by atoms with Crippen molar-refractivity contribution in [2.75, 3.05) is 13.7 Å². The molecule has 0 saturated carbocycles. The quantitative estimate of drug-likeness (QED) is 0.753. The molecular formula is C15H23NO2. The van der Waals surface area contributed by atoms with Crippen molar-refractivity contribution < 1.29 is 9.47 Å². The van der Waals surface area contributed by atoms with Crippen LogP contribution in [-0.2, 0) is 11.3 Å². The van der Waals surface area contributed by atoms with E-state index in [9.17, 15) is 0 Å². The first-order valence-corrected chi connectivity index (χ1v) is 6.30. The summed E-state index contributed by atoms with van der Waals surface area (Å²) in [6.07, 6.45) is 0. The van der Waals surface area contributed by atoms with Crippen LogP contribution in [-0.4, -0.2) is 19.8 Å². The lowest BCUT2D eigenvalue weighted by molar-refractivity contribution is 0.298. The first-order chi connectivity index (χ1) is 8.58. The zero-order chi connectivity index (χ0) is 13.5. The maximum Gasteiger partial charge on any atom is 0.119 e. The van der Waals surface area contributed by atoms with Crippen LogP contribution in [0.5, 0.6) is 5.75 Å². The van der Waals surface area contributed by atoms with Crippen molar-refractivity contribution >= 4 is 5.76 Å². The zero-order valence-corrected chi connectivity index (χ0v) is 11.7. The second kappa shape index (κ2) is 7.07. The van der Waals surface area contributed by atoms with E-state index in [1.165, 1.54) is 0 Å². The molecule has 0 amide bonds. The predicted molar refractivity (Wildman–Crippen MR) is 75.6 cm³/mol. The standard InChI is InChI=1S/C15H23NO2/c1-6-18-12(4)15-8-7-14(17-5)9-13(15)10-16-11(2)3/h7-9,11,16H,4,6,10H2,1-3,5H3. The summed E-state index contributed by atoms with van der Waals surface area (Å²) < 4.78 is 10.7. The van der Waals surface area contributed by atoms with Crippen molar-refractivity contribution in [3.8, 4) is 5.75 Å². The molecule has 0 fully saturated rings. The van der Waals surface area contributed by atoms with Crippen LogP contribution >= 0.6 is 0 Å². The second-order valence-electron chi connectivity index (χ2n) is 4.41. The molecule has 1 aromatic carbocycles. The average Bonchev–Trinajstić information content (AvgIpc) is 2.36. The molecule has 0 radical (unpaired) electrons. The Morgan fingerprint density at radius 1 is 1.39 bits per heavy atom. The number of ether oxygens (including phenoxy) is 2. The number of nitrogens with one attached hydrogen (secondary N) is 1. The van der Waals surface area contributed by atoms with Gasteiger partial charge in [0, 0.05) is 18.2 Å². The maximum absolute atomic E-state index is 5.49. The fraction of sp³-hybridized carbons (Fsp3) is 0.467. The molecule has 0 aromatic heterocycles. The lowest BCUT2D eigenvalue weighted by atomic mass is 10.1. The van der Waals surface area contributed by atoms with Crippen LogP contribution in [0.2, 0.25) is 0 Å². The highest BCUT2D eigenvalue weighted by atomic mass is 16.5. The minimum absolute atomic E-state index is 0.435. The number of hydrogen-bond acceptors (Lipinski definition) is 3. The van der Waals surface area contributed by atoms with Gasteiger partial charge in [0.05, 0.1) is 13.7 Å². The van der Waals surface area contributed by atoms with E-state index in [1.807, 2.05) is 25.1 Å². The van der Waals surface area contributed by atoms with E-state index in [1.54, 1.807) is 7.11 Å². The Morgan fingerprint density at radius 3 is 2.67 bits per heavy atom. The van der Waals surface area contributed by atoms with Gasteiger partial charge in [0.25, 0.3) is 0 Å². The van der Waals surface area contributed by atoms with Crippen molar-refractivity contribution in [3.05, 3.63) is 35.9 Å². The molecule has 0 aliphatic carbocycles. The van der Waals surface area contributed by atoms with Crippen LogP contribution in [0.25, 0.3) is 5.76 Å². The maximum atomic E-state index is 5.49. The topological polar surface area (TPSA) is 30.5 Å². The summed E-state index contributed by atoms with van der Waals surface area (Å²) in [6, 6.07) is 6.38. The van der Waals surface area contributed by atoms with Gasteiger partial charge >= 0.3 is 0 Å². The van der Waals surface area contributed by atoms with E-state index in [0.29, 0.717) is 18.4 Å². The van der Waals surface area contributed by atoms with Gasteiger partial charge in [-0.2, -0.15) is 0 Å². The second-order valence-corrected chi connectivity index (χ2v) is 4.41. The van der Waals surface area contributed by atoms with Gasteiger partial charge in [-0.05, 0) is 30.7 Å². The fourth-order valence-corrected chi connectivity index (χ4v) is 1.68. The highest BCUT2D eigenvalue weighted by molar-refractivity contribution is 5.62. The molecule has 0 bridgehead atoms. The summed E-state index contributed by atoms with van der Waals surface area (Å²) in [6.45, 7) is 11.6. The molecule has 0 saturated heterocycles. The molecule has 0 heterocycles. The largest absolute Gasteiger partial charge is 0.497 e. The van der Waals surface area contributed by atoms with Crippen molar-refractivity contribution in [1.29, 1.82) is 0 Å². The van der Waals surface area contributed by atoms with Gasteiger partial charge in [-0.25, -0.2) is 0 Å². The molecule has 100 valence electrons. The Morgan fingerprint density at radius 2 is 2.11 bits per heavy atom. The first-order valence-electron chi connectivity index (χ1n) is 6.30. The molecule has 1 N–H and O–H groups in total. The van der Waals surface area contributed by atoms with Crippen molar-refractivity contribution in [2.45, 2.75) is 33.4 Å². The molecule has 0 aliphatic rings. The van der Waals surface area contributed by atoms with Gasteiger partial charge in [-0.15, -0.1) is 0 Å². The molecule has 1 rings (SSSR count). The number of benzene rings is 1. The van der Waals surface area contributed by atoms with Crippen LogP contribution < -0.4 is 10.1 Å². The van der Waals surface area contributed by atoms with Crippen molar-refractivity contribution in [2.24, 2.45) is 0 Å². The van der Waals surface area contributed by atoms with E-state index in [2.05, 4.69) is 25.7 Å². The third-order valence-corrected chi connectivity index (χ3v) is 2.63. The Bertz CT molecular complexity index is 399. The monoisotopic (exact) mass is 249 g/mol. The molecule has 3 nitrogen and oxygen atoms in total. The first kappa shape index (κ1) is 14.6. The van der Waals surface area contributed by atoms with Crippen LogP contribution in [0.4, 0.5) is 0 Å². The summed E-state index contributed by atoms with van der Waals surface area (Å²) in [5.41, 5.74) is 2.17. The smallest absolute Gasteiger partial charge is 0.119 e. The van der Waals surface area contributed by atoms with Gasteiger partial charge in [0.2, 0.25) is 0 Å². The third-order valence-electron chi connectivity index (χ3n) is 2.63. The average molecular weight is 249 g/mol. The highest BCUT2D eigenvalue weighted by Gasteiger charge is 2.09. The van der Waals surface area contributed by atoms with Crippen LogP contribution in [0.1, 0.15) is 31.9 Å². The SMILES string of the molecule is C=C(OCC)c1ccc(OC)cc1CNC(C)C. The lowest BCUT2D eigenvalue weighted by Crippen LogP contribution is -2.22. The minimum Gasteiger partial charge on any atom is -0.497 e. The lowest BCUT2D eigenvalue weighted by Gasteiger charge is -2.15. The van der Waals surface area contributed by atoms with Crippen molar-refractivity contribution in [1.82, 2.24) is 5.32 Å². The van der Waals surface area contributed by atoms with Crippen LogP contribution in [0.3, 0.4) is 0 Å². The minimum atomic E-state index is 0.435.